The number of carbonyl (C=O) groups is 1. The minimum absolute atomic E-state index is 0.279. The van der Waals surface area contributed by atoms with Gasteiger partial charge < -0.3 is 14.8 Å². The Morgan fingerprint density at radius 2 is 2.16 bits per heavy atom. The van der Waals surface area contributed by atoms with E-state index in [0.717, 1.165) is 0 Å². The van der Waals surface area contributed by atoms with Gasteiger partial charge >= 0.3 is 6.09 Å². The molecule has 0 aliphatic heterocycles. The maximum absolute atomic E-state index is 11.3. The Kier molecular flexibility index (Phi) is 5.35. The van der Waals surface area contributed by atoms with Crippen molar-refractivity contribution in [3.63, 3.8) is 0 Å². The summed E-state index contributed by atoms with van der Waals surface area (Å²) in [5.41, 5.74) is -0.778. The first-order chi connectivity index (χ1) is 8.87. The first kappa shape index (κ1) is 15.0. The zero-order valence-corrected chi connectivity index (χ0v) is 11.4. The van der Waals surface area contributed by atoms with E-state index in [2.05, 4.69) is 15.5 Å². The number of rotatable bonds is 5. The van der Waals surface area contributed by atoms with Gasteiger partial charge in [-0.25, -0.2) is 9.89 Å². The standard InChI is InChI=1S/C12H19N3O4/c1-12(2,3)19-11(17)13-7-4-8-18-10-6-5-9(16)14-15-10/h5-6H,4,7-8H2,1-3H3,(H,13,17)(H,14,16). The van der Waals surface area contributed by atoms with Crippen LogP contribution in [-0.4, -0.2) is 35.0 Å². The molecule has 1 aromatic heterocycles. The summed E-state index contributed by atoms with van der Waals surface area (Å²) in [6, 6.07) is 2.82. The van der Waals surface area contributed by atoms with Crippen molar-refractivity contribution in [3.05, 3.63) is 22.5 Å². The van der Waals surface area contributed by atoms with Gasteiger partial charge in [-0.2, -0.15) is 0 Å². The maximum atomic E-state index is 11.3. The number of nitrogens with one attached hydrogen (secondary N) is 2. The molecule has 1 aromatic rings. The van der Waals surface area contributed by atoms with E-state index >= 15 is 0 Å². The van der Waals surface area contributed by atoms with Gasteiger partial charge in [0.15, 0.2) is 0 Å². The molecule has 106 valence electrons. The highest BCUT2D eigenvalue weighted by Gasteiger charge is 2.15. The van der Waals surface area contributed by atoms with Gasteiger partial charge in [-0.3, -0.25) is 4.79 Å². The van der Waals surface area contributed by atoms with E-state index in [0.29, 0.717) is 25.5 Å². The van der Waals surface area contributed by atoms with Crippen molar-refractivity contribution in [2.45, 2.75) is 32.8 Å². The summed E-state index contributed by atoms with van der Waals surface area (Å²) in [7, 11) is 0. The second-order valence-corrected chi connectivity index (χ2v) is 4.89. The normalized spacial score (nSPS) is 10.9. The van der Waals surface area contributed by atoms with Gasteiger partial charge in [0.2, 0.25) is 5.88 Å². The van der Waals surface area contributed by atoms with E-state index in [1.54, 1.807) is 20.8 Å². The van der Waals surface area contributed by atoms with Gasteiger partial charge in [0.1, 0.15) is 5.60 Å². The van der Waals surface area contributed by atoms with Gasteiger partial charge in [0.25, 0.3) is 5.56 Å². The number of hydrogen-bond acceptors (Lipinski definition) is 5. The first-order valence-corrected chi connectivity index (χ1v) is 6.02. The van der Waals surface area contributed by atoms with Crippen LogP contribution in [-0.2, 0) is 4.74 Å². The molecule has 1 rings (SSSR count). The lowest BCUT2D eigenvalue weighted by atomic mass is 10.2. The van der Waals surface area contributed by atoms with Crippen molar-refractivity contribution in [1.82, 2.24) is 15.5 Å². The summed E-state index contributed by atoms with van der Waals surface area (Å²) in [5, 5.41) is 8.57. The fourth-order valence-corrected chi connectivity index (χ4v) is 1.17. The van der Waals surface area contributed by atoms with E-state index in [9.17, 15) is 9.59 Å². The molecule has 0 atom stereocenters. The summed E-state index contributed by atoms with van der Waals surface area (Å²) in [6.07, 6.45) is 0.162. The molecular formula is C12H19N3O4. The number of ether oxygens (including phenoxy) is 2. The third kappa shape index (κ3) is 7.07. The van der Waals surface area contributed by atoms with Crippen molar-refractivity contribution in [2.75, 3.05) is 13.2 Å². The molecular weight excluding hydrogens is 250 g/mol. The summed E-state index contributed by atoms with van der Waals surface area (Å²) in [5.74, 6) is 0.344. The van der Waals surface area contributed by atoms with Crippen LogP contribution in [0.5, 0.6) is 5.88 Å². The van der Waals surface area contributed by atoms with E-state index < -0.39 is 11.7 Å². The molecule has 0 radical (unpaired) electrons. The fourth-order valence-electron chi connectivity index (χ4n) is 1.17. The molecule has 0 saturated heterocycles. The van der Waals surface area contributed by atoms with Crippen LogP contribution in [0.1, 0.15) is 27.2 Å². The molecule has 19 heavy (non-hydrogen) atoms. The molecule has 0 aliphatic rings. The Balaban J connectivity index is 2.13. The number of nitrogens with zero attached hydrogens (tertiary/aromatic N) is 1. The zero-order chi connectivity index (χ0) is 14.3. The zero-order valence-electron chi connectivity index (χ0n) is 11.4. The van der Waals surface area contributed by atoms with E-state index in [4.69, 9.17) is 9.47 Å². The Morgan fingerprint density at radius 1 is 1.42 bits per heavy atom. The average Bonchev–Trinajstić information content (AvgIpc) is 2.29. The SMILES string of the molecule is CC(C)(C)OC(=O)NCCCOc1ccc(=O)[nH]n1. The number of carbonyl (C=O) groups excluding carboxylic acids is 1. The molecule has 7 heteroatoms. The molecule has 1 heterocycles. The summed E-state index contributed by atoms with van der Waals surface area (Å²) in [6.45, 7) is 6.24. The van der Waals surface area contributed by atoms with Crippen LogP contribution in [0.15, 0.2) is 16.9 Å². The topological polar surface area (TPSA) is 93.3 Å². The van der Waals surface area contributed by atoms with Gasteiger partial charge in [0.05, 0.1) is 6.61 Å². The Labute approximate surface area is 111 Å². The predicted octanol–water partition coefficient (Wildman–Crippen LogP) is 1.06. The van der Waals surface area contributed by atoms with Crippen LogP contribution in [0, 0.1) is 0 Å². The fraction of sp³-hybridized carbons (Fsp3) is 0.583. The Morgan fingerprint density at radius 3 is 2.74 bits per heavy atom. The maximum Gasteiger partial charge on any atom is 0.407 e. The molecule has 1 amide bonds. The molecule has 2 N–H and O–H groups in total. The second kappa shape index (κ2) is 6.77. The number of amides is 1. The number of H-pyrrole nitrogens is 1. The molecule has 0 spiro atoms. The van der Waals surface area contributed by atoms with Crippen LogP contribution >= 0.6 is 0 Å². The summed E-state index contributed by atoms with van der Waals surface area (Å²) >= 11 is 0. The van der Waals surface area contributed by atoms with Gasteiger partial charge in [-0.05, 0) is 27.2 Å². The van der Waals surface area contributed by atoms with Gasteiger partial charge in [-0.1, -0.05) is 0 Å². The molecule has 0 saturated carbocycles. The van der Waals surface area contributed by atoms with Crippen LogP contribution in [0.25, 0.3) is 0 Å². The molecule has 0 fully saturated rings. The molecule has 0 aromatic carbocycles. The highest BCUT2D eigenvalue weighted by Crippen LogP contribution is 2.06. The van der Waals surface area contributed by atoms with Crippen molar-refractivity contribution in [1.29, 1.82) is 0 Å². The predicted molar refractivity (Wildman–Crippen MR) is 69.2 cm³/mol. The van der Waals surface area contributed by atoms with E-state index in [1.165, 1.54) is 12.1 Å². The van der Waals surface area contributed by atoms with Gasteiger partial charge in [-0.15, -0.1) is 5.10 Å². The summed E-state index contributed by atoms with van der Waals surface area (Å²) < 4.78 is 10.3. The average molecular weight is 269 g/mol. The summed E-state index contributed by atoms with van der Waals surface area (Å²) in [4.78, 5) is 22.1. The first-order valence-electron chi connectivity index (χ1n) is 6.02. The van der Waals surface area contributed by atoms with Crippen molar-refractivity contribution < 1.29 is 14.3 Å². The van der Waals surface area contributed by atoms with Crippen LogP contribution in [0.2, 0.25) is 0 Å². The molecule has 0 unspecified atom stereocenters. The lowest BCUT2D eigenvalue weighted by Gasteiger charge is -2.19. The monoisotopic (exact) mass is 269 g/mol. The number of hydrogen-bond donors (Lipinski definition) is 2. The number of alkyl carbamates (subject to hydrolysis) is 1. The molecule has 0 bridgehead atoms. The highest BCUT2D eigenvalue weighted by atomic mass is 16.6. The lowest BCUT2D eigenvalue weighted by molar-refractivity contribution is 0.0525. The molecule has 0 aliphatic carbocycles. The van der Waals surface area contributed by atoms with Crippen molar-refractivity contribution >= 4 is 6.09 Å². The largest absolute Gasteiger partial charge is 0.477 e. The quantitative estimate of drug-likeness (QED) is 0.780. The Bertz CT molecular complexity index is 444. The smallest absolute Gasteiger partial charge is 0.407 e. The van der Waals surface area contributed by atoms with Crippen LogP contribution < -0.4 is 15.6 Å². The van der Waals surface area contributed by atoms with Crippen molar-refractivity contribution in [2.24, 2.45) is 0 Å². The van der Waals surface area contributed by atoms with Crippen molar-refractivity contribution in [3.8, 4) is 5.88 Å². The lowest BCUT2D eigenvalue weighted by Crippen LogP contribution is -2.33. The van der Waals surface area contributed by atoms with Crippen LogP contribution in [0.3, 0.4) is 0 Å². The van der Waals surface area contributed by atoms with E-state index in [-0.39, 0.29) is 5.56 Å². The molecule has 7 nitrogen and oxygen atoms in total. The minimum Gasteiger partial charge on any atom is -0.477 e. The second-order valence-electron chi connectivity index (χ2n) is 4.89. The number of aromatic nitrogens is 2. The Hall–Kier alpha value is -2.05. The third-order valence-electron chi connectivity index (χ3n) is 1.89. The van der Waals surface area contributed by atoms with E-state index in [1.807, 2.05) is 0 Å². The number of aromatic amines is 1. The van der Waals surface area contributed by atoms with Crippen LogP contribution in [0.4, 0.5) is 4.79 Å². The third-order valence-corrected chi connectivity index (χ3v) is 1.89. The minimum atomic E-state index is -0.500. The van der Waals surface area contributed by atoms with Gasteiger partial charge in [0, 0.05) is 18.7 Å². The highest BCUT2D eigenvalue weighted by molar-refractivity contribution is 5.67.